The van der Waals surface area contributed by atoms with Gasteiger partial charge in [-0.2, -0.15) is 0 Å². The molecule has 0 spiro atoms. The van der Waals surface area contributed by atoms with Crippen LogP contribution in [-0.2, 0) is 11.8 Å². The first-order valence-electron chi connectivity index (χ1n) is 7.13. The minimum absolute atomic E-state index is 0.253. The summed E-state index contributed by atoms with van der Waals surface area (Å²) < 4.78 is 20.1. The lowest BCUT2D eigenvalue weighted by molar-refractivity contribution is 0.130. The van der Waals surface area contributed by atoms with Crippen LogP contribution < -0.4 is 5.32 Å². The van der Waals surface area contributed by atoms with Gasteiger partial charge in [-0.15, -0.1) is 0 Å². The molecule has 1 aromatic heterocycles. The minimum atomic E-state index is -0.522. The quantitative estimate of drug-likeness (QED) is 0.923. The molecule has 1 atom stereocenters. The molecule has 1 heterocycles. The number of imidazole rings is 1. The second-order valence-corrected chi connectivity index (χ2v) is 5.52. The number of halogens is 1. The summed E-state index contributed by atoms with van der Waals surface area (Å²) in [5.41, 5.74) is 0.734. The van der Waals surface area contributed by atoms with Crippen molar-refractivity contribution < 1.29 is 13.9 Å². The molecule has 2 aromatic rings. The van der Waals surface area contributed by atoms with Crippen molar-refractivity contribution in [3.63, 3.8) is 0 Å². The van der Waals surface area contributed by atoms with Crippen molar-refractivity contribution in [3.05, 3.63) is 53.9 Å². The molecule has 1 unspecified atom stereocenters. The third kappa shape index (κ3) is 4.07. The van der Waals surface area contributed by atoms with E-state index in [4.69, 9.17) is 4.74 Å². The van der Waals surface area contributed by atoms with Crippen LogP contribution in [0.5, 0.6) is 0 Å². The molecule has 0 aliphatic heterocycles. The van der Waals surface area contributed by atoms with Crippen LogP contribution >= 0.6 is 0 Å². The molecule has 22 heavy (non-hydrogen) atoms. The van der Waals surface area contributed by atoms with Crippen LogP contribution in [0.4, 0.5) is 9.18 Å². The number of aryl methyl sites for hydroxylation is 1. The number of hydrogen-bond donors (Lipinski definition) is 1. The van der Waals surface area contributed by atoms with Gasteiger partial charge in [-0.05, 0) is 23.6 Å². The number of nitrogens with zero attached hydrogens (tertiary/aromatic N) is 2. The normalized spacial score (nSPS) is 12.2. The van der Waals surface area contributed by atoms with Crippen molar-refractivity contribution in [3.8, 4) is 0 Å². The lowest BCUT2D eigenvalue weighted by atomic mass is 10.1. The first-order chi connectivity index (χ1) is 10.5. The Morgan fingerprint density at radius 2 is 2.05 bits per heavy atom. The van der Waals surface area contributed by atoms with Gasteiger partial charge in [-0.1, -0.05) is 26.0 Å². The summed E-state index contributed by atoms with van der Waals surface area (Å²) in [5.74, 6) is 0.570. The topological polar surface area (TPSA) is 56.1 Å². The van der Waals surface area contributed by atoms with Crippen molar-refractivity contribution in [1.29, 1.82) is 0 Å². The third-order valence-corrected chi connectivity index (χ3v) is 3.13. The summed E-state index contributed by atoms with van der Waals surface area (Å²) in [4.78, 5) is 16.2. The maximum Gasteiger partial charge on any atom is 0.408 e. The van der Waals surface area contributed by atoms with Crippen LogP contribution in [0.1, 0.15) is 31.3 Å². The Morgan fingerprint density at radius 1 is 1.36 bits per heavy atom. The summed E-state index contributed by atoms with van der Waals surface area (Å²) in [6, 6.07) is 5.45. The number of alkyl carbamates (subject to hydrolysis) is 1. The standard InChI is InChI=1S/C16H20FN3O2/c1-11(2)10-22-16(21)19-14(15-18-8-9-20(15)3)12-4-6-13(17)7-5-12/h4-9,11,14H,10H2,1-3H3,(H,19,21). The Hall–Kier alpha value is -2.37. The second kappa shape index (κ2) is 7.06. The van der Waals surface area contributed by atoms with Crippen molar-refractivity contribution >= 4 is 6.09 Å². The SMILES string of the molecule is CC(C)COC(=O)NC(c1ccc(F)cc1)c1nccn1C. The van der Waals surface area contributed by atoms with E-state index in [9.17, 15) is 9.18 Å². The number of carbonyl (C=O) groups excluding carboxylic acids is 1. The van der Waals surface area contributed by atoms with Gasteiger partial charge in [0, 0.05) is 19.4 Å². The van der Waals surface area contributed by atoms with Gasteiger partial charge in [-0.25, -0.2) is 14.2 Å². The first kappa shape index (κ1) is 16.0. The van der Waals surface area contributed by atoms with Gasteiger partial charge in [-0.3, -0.25) is 0 Å². The zero-order chi connectivity index (χ0) is 16.1. The van der Waals surface area contributed by atoms with Crippen LogP contribution in [0.25, 0.3) is 0 Å². The average Bonchev–Trinajstić information content (AvgIpc) is 2.90. The fourth-order valence-electron chi connectivity index (χ4n) is 2.01. The second-order valence-electron chi connectivity index (χ2n) is 5.52. The minimum Gasteiger partial charge on any atom is -0.449 e. The molecule has 0 saturated carbocycles. The molecule has 0 bridgehead atoms. The summed E-state index contributed by atoms with van der Waals surface area (Å²) in [5, 5.41) is 2.78. The van der Waals surface area contributed by atoms with E-state index in [0.29, 0.717) is 12.4 Å². The van der Waals surface area contributed by atoms with Crippen LogP contribution in [0.15, 0.2) is 36.7 Å². The fraction of sp³-hybridized carbons (Fsp3) is 0.375. The van der Waals surface area contributed by atoms with Gasteiger partial charge in [0.05, 0.1) is 6.61 Å². The lowest BCUT2D eigenvalue weighted by Crippen LogP contribution is -2.32. The highest BCUT2D eigenvalue weighted by Crippen LogP contribution is 2.21. The Labute approximate surface area is 129 Å². The number of hydrogen-bond acceptors (Lipinski definition) is 3. The fourth-order valence-corrected chi connectivity index (χ4v) is 2.01. The number of aromatic nitrogens is 2. The van der Waals surface area contributed by atoms with Crippen molar-refractivity contribution in [2.24, 2.45) is 13.0 Å². The Bertz CT molecular complexity index is 623. The van der Waals surface area contributed by atoms with Crippen molar-refractivity contribution in [2.45, 2.75) is 19.9 Å². The molecule has 0 saturated heterocycles. The Balaban J connectivity index is 2.21. The van der Waals surface area contributed by atoms with Gasteiger partial charge in [0.1, 0.15) is 17.7 Å². The molecular weight excluding hydrogens is 285 g/mol. The molecule has 0 aliphatic carbocycles. The number of nitrogens with one attached hydrogen (secondary N) is 1. The third-order valence-electron chi connectivity index (χ3n) is 3.13. The zero-order valence-corrected chi connectivity index (χ0v) is 12.9. The smallest absolute Gasteiger partial charge is 0.408 e. The van der Waals surface area contributed by atoms with Gasteiger partial charge in [0.2, 0.25) is 0 Å². The molecule has 6 heteroatoms. The van der Waals surface area contributed by atoms with Crippen molar-refractivity contribution in [2.75, 3.05) is 6.61 Å². The Morgan fingerprint density at radius 3 is 2.59 bits per heavy atom. The molecule has 0 fully saturated rings. The van der Waals surface area contributed by atoms with E-state index < -0.39 is 12.1 Å². The summed E-state index contributed by atoms with van der Waals surface area (Å²) in [7, 11) is 1.83. The van der Waals surface area contributed by atoms with Crippen molar-refractivity contribution in [1.82, 2.24) is 14.9 Å². The first-order valence-corrected chi connectivity index (χ1v) is 7.13. The molecular formula is C16H20FN3O2. The van der Waals surface area contributed by atoms with Crippen LogP contribution in [0.3, 0.4) is 0 Å². The predicted octanol–water partition coefficient (Wildman–Crippen LogP) is 3.03. The van der Waals surface area contributed by atoms with Gasteiger partial charge >= 0.3 is 6.09 Å². The maximum absolute atomic E-state index is 13.1. The highest BCUT2D eigenvalue weighted by molar-refractivity contribution is 5.68. The summed E-state index contributed by atoms with van der Waals surface area (Å²) in [6.07, 6.45) is 2.91. The maximum atomic E-state index is 13.1. The molecule has 5 nitrogen and oxygen atoms in total. The van der Waals surface area contributed by atoms with E-state index in [1.165, 1.54) is 12.1 Å². The molecule has 1 aromatic carbocycles. The van der Waals surface area contributed by atoms with Crippen LogP contribution in [-0.4, -0.2) is 22.3 Å². The average molecular weight is 305 g/mol. The van der Waals surface area contributed by atoms with E-state index in [2.05, 4.69) is 10.3 Å². The number of amides is 1. The molecule has 1 N–H and O–H groups in total. The molecule has 2 rings (SSSR count). The molecule has 0 aliphatic rings. The van der Waals surface area contributed by atoms with Gasteiger partial charge in [0.15, 0.2) is 0 Å². The number of benzene rings is 1. The van der Waals surface area contributed by atoms with E-state index in [1.807, 2.05) is 20.9 Å². The Kier molecular flexibility index (Phi) is 5.14. The molecule has 1 amide bonds. The monoisotopic (exact) mass is 305 g/mol. The molecule has 0 radical (unpaired) electrons. The highest BCUT2D eigenvalue weighted by Gasteiger charge is 2.21. The summed E-state index contributed by atoms with van der Waals surface area (Å²) in [6.45, 7) is 4.26. The zero-order valence-electron chi connectivity index (χ0n) is 12.9. The summed E-state index contributed by atoms with van der Waals surface area (Å²) >= 11 is 0. The largest absolute Gasteiger partial charge is 0.449 e. The van der Waals surface area contributed by atoms with Crippen LogP contribution in [0, 0.1) is 11.7 Å². The van der Waals surface area contributed by atoms with Gasteiger partial charge in [0.25, 0.3) is 0 Å². The number of rotatable bonds is 5. The number of carbonyl (C=O) groups is 1. The lowest BCUT2D eigenvalue weighted by Gasteiger charge is -2.19. The van der Waals surface area contributed by atoms with E-state index >= 15 is 0 Å². The van der Waals surface area contributed by atoms with E-state index in [-0.39, 0.29) is 11.7 Å². The van der Waals surface area contributed by atoms with E-state index in [1.54, 1.807) is 29.1 Å². The van der Waals surface area contributed by atoms with Gasteiger partial charge < -0.3 is 14.6 Å². The predicted molar refractivity (Wildman–Crippen MR) is 80.8 cm³/mol. The highest BCUT2D eigenvalue weighted by atomic mass is 19.1. The number of ether oxygens (including phenoxy) is 1. The van der Waals surface area contributed by atoms with Crippen LogP contribution in [0.2, 0.25) is 0 Å². The van der Waals surface area contributed by atoms with E-state index in [0.717, 1.165) is 5.56 Å². The molecule has 118 valence electrons.